The fourth-order valence-electron chi connectivity index (χ4n) is 4.63. The van der Waals surface area contributed by atoms with Gasteiger partial charge in [0.2, 0.25) is 5.91 Å². The molecule has 1 saturated carbocycles. The molecule has 1 aliphatic carbocycles. The van der Waals surface area contributed by atoms with E-state index < -0.39 is 0 Å². The Kier molecular flexibility index (Phi) is 7.37. The molecule has 4 rings (SSSR count). The number of carbonyl (C=O) groups excluding carboxylic acids is 1. The molecule has 7 heteroatoms. The van der Waals surface area contributed by atoms with Crippen LogP contribution in [-0.4, -0.2) is 66.2 Å². The van der Waals surface area contributed by atoms with Crippen LogP contribution >= 0.6 is 0 Å². The molecule has 0 atom stereocenters. The summed E-state index contributed by atoms with van der Waals surface area (Å²) in [6.45, 7) is 8.56. The molecule has 0 unspecified atom stereocenters. The maximum absolute atomic E-state index is 12.6. The van der Waals surface area contributed by atoms with Crippen LogP contribution in [0.15, 0.2) is 36.7 Å². The Labute approximate surface area is 191 Å². The Morgan fingerprint density at radius 3 is 2.25 bits per heavy atom. The van der Waals surface area contributed by atoms with Crippen molar-refractivity contribution in [3.63, 3.8) is 0 Å². The summed E-state index contributed by atoms with van der Waals surface area (Å²) < 4.78 is 5.40. The summed E-state index contributed by atoms with van der Waals surface area (Å²) in [4.78, 5) is 26.7. The quantitative estimate of drug-likeness (QED) is 0.741. The maximum Gasteiger partial charge on any atom is 0.227 e. The number of benzene rings is 1. The van der Waals surface area contributed by atoms with E-state index in [0.717, 1.165) is 74.6 Å². The van der Waals surface area contributed by atoms with Crippen LogP contribution in [0.5, 0.6) is 0 Å². The Hall–Kier alpha value is -2.51. The molecule has 2 fully saturated rings. The fourth-order valence-corrected chi connectivity index (χ4v) is 4.63. The van der Waals surface area contributed by atoms with E-state index in [2.05, 4.69) is 38.9 Å². The number of ether oxygens (including phenoxy) is 1. The highest BCUT2D eigenvalue weighted by Gasteiger charge is 2.26. The van der Waals surface area contributed by atoms with Gasteiger partial charge in [-0.3, -0.25) is 14.7 Å². The SMILES string of the molecule is COC1CCC(C(=O)Nc2ccc(-c3cnc(N4CCN(C(C)C)CC4)cn3)cc2)CC1. The number of methoxy groups -OCH3 is 1. The minimum atomic E-state index is 0.0712. The van der Waals surface area contributed by atoms with Gasteiger partial charge in [-0.25, -0.2) is 4.98 Å². The van der Waals surface area contributed by atoms with Crippen LogP contribution in [0.1, 0.15) is 39.5 Å². The van der Waals surface area contributed by atoms with Gasteiger partial charge < -0.3 is 15.0 Å². The number of carbonyl (C=O) groups is 1. The highest BCUT2D eigenvalue weighted by Crippen LogP contribution is 2.27. The van der Waals surface area contributed by atoms with Gasteiger partial charge in [-0.2, -0.15) is 0 Å². The standard InChI is InChI=1S/C25H35N5O2/c1-18(2)29-12-14-30(15-13-29)24-17-26-23(16-27-24)19-4-8-21(9-5-19)28-25(31)20-6-10-22(32-3)11-7-20/h4-5,8-9,16-18,20,22H,6-7,10-15H2,1-3H3,(H,28,31). The first-order valence-corrected chi connectivity index (χ1v) is 11.8. The van der Waals surface area contributed by atoms with Crippen molar-refractivity contribution in [1.29, 1.82) is 0 Å². The Morgan fingerprint density at radius 2 is 1.69 bits per heavy atom. The third-order valence-electron chi connectivity index (χ3n) is 6.83. The van der Waals surface area contributed by atoms with Gasteiger partial charge in [0.25, 0.3) is 0 Å². The fraction of sp³-hybridized carbons (Fsp3) is 0.560. The molecule has 2 aromatic rings. The van der Waals surface area contributed by atoms with Gasteiger partial charge in [0.05, 0.1) is 24.2 Å². The zero-order valence-electron chi connectivity index (χ0n) is 19.5. The van der Waals surface area contributed by atoms with E-state index in [0.29, 0.717) is 12.1 Å². The minimum Gasteiger partial charge on any atom is -0.381 e. The lowest BCUT2D eigenvalue weighted by atomic mass is 9.87. The second kappa shape index (κ2) is 10.4. The molecule has 1 aromatic carbocycles. The molecule has 0 spiro atoms. The normalized spacial score (nSPS) is 22.2. The predicted octanol–water partition coefficient (Wildman–Crippen LogP) is 3.82. The van der Waals surface area contributed by atoms with Crippen molar-refractivity contribution in [2.75, 3.05) is 43.5 Å². The van der Waals surface area contributed by atoms with Gasteiger partial charge in [-0.05, 0) is 51.7 Å². The molecule has 2 aliphatic rings. The molecule has 1 aliphatic heterocycles. The van der Waals surface area contributed by atoms with Crippen molar-refractivity contribution < 1.29 is 9.53 Å². The average Bonchev–Trinajstić information content (AvgIpc) is 2.85. The summed E-state index contributed by atoms with van der Waals surface area (Å²) in [7, 11) is 1.75. The second-order valence-corrected chi connectivity index (χ2v) is 9.15. The number of nitrogens with zero attached hydrogens (tertiary/aromatic N) is 4. The number of aromatic nitrogens is 2. The lowest BCUT2D eigenvalue weighted by molar-refractivity contribution is -0.121. The number of nitrogens with one attached hydrogen (secondary N) is 1. The first-order valence-electron chi connectivity index (χ1n) is 11.8. The van der Waals surface area contributed by atoms with Crippen molar-refractivity contribution in [2.45, 2.75) is 51.7 Å². The summed E-state index contributed by atoms with van der Waals surface area (Å²) in [5.41, 5.74) is 2.65. The third-order valence-corrected chi connectivity index (χ3v) is 6.83. The van der Waals surface area contributed by atoms with Crippen LogP contribution in [0.4, 0.5) is 11.5 Å². The van der Waals surface area contributed by atoms with Crippen LogP contribution < -0.4 is 10.2 Å². The largest absolute Gasteiger partial charge is 0.381 e. The predicted molar refractivity (Wildman–Crippen MR) is 128 cm³/mol. The van der Waals surface area contributed by atoms with Crippen LogP contribution in [0.25, 0.3) is 11.3 Å². The average molecular weight is 438 g/mol. The molecule has 172 valence electrons. The maximum atomic E-state index is 12.6. The van der Waals surface area contributed by atoms with Gasteiger partial charge >= 0.3 is 0 Å². The van der Waals surface area contributed by atoms with Gasteiger partial charge in [-0.1, -0.05) is 12.1 Å². The van der Waals surface area contributed by atoms with E-state index in [1.54, 1.807) is 7.11 Å². The van der Waals surface area contributed by atoms with E-state index in [1.165, 1.54) is 0 Å². The topological polar surface area (TPSA) is 70.6 Å². The summed E-state index contributed by atoms with van der Waals surface area (Å²) in [5, 5.41) is 3.06. The van der Waals surface area contributed by atoms with Gasteiger partial charge in [0.1, 0.15) is 5.82 Å². The van der Waals surface area contributed by atoms with E-state index >= 15 is 0 Å². The lowest BCUT2D eigenvalue weighted by Crippen LogP contribution is -2.49. The monoisotopic (exact) mass is 437 g/mol. The molecule has 1 aromatic heterocycles. The first kappa shape index (κ1) is 22.7. The summed E-state index contributed by atoms with van der Waals surface area (Å²) in [5.74, 6) is 1.11. The van der Waals surface area contributed by atoms with Crippen molar-refractivity contribution in [3.05, 3.63) is 36.7 Å². The highest BCUT2D eigenvalue weighted by molar-refractivity contribution is 5.92. The minimum absolute atomic E-state index is 0.0712. The summed E-state index contributed by atoms with van der Waals surface area (Å²) in [6.07, 6.45) is 7.69. The highest BCUT2D eigenvalue weighted by atomic mass is 16.5. The molecule has 1 amide bonds. The number of rotatable bonds is 6. The van der Waals surface area contributed by atoms with E-state index in [9.17, 15) is 4.79 Å². The molecular formula is C25H35N5O2. The molecule has 2 heterocycles. The van der Waals surface area contributed by atoms with Gasteiger partial charge in [0.15, 0.2) is 0 Å². The van der Waals surface area contributed by atoms with Crippen molar-refractivity contribution in [3.8, 4) is 11.3 Å². The Morgan fingerprint density at radius 1 is 1.00 bits per heavy atom. The zero-order valence-corrected chi connectivity index (χ0v) is 19.5. The van der Waals surface area contributed by atoms with Crippen LogP contribution in [0.2, 0.25) is 0 Å². The van der Waals surface area contributed by atoms with Gasteiger partial charge in [0, 0.05) is 56.5 Å². The molecule has 0 radical (unpaired) electrons. The smallest absolute Gasteiger partial charge is 0.227 e. The van der Waals surface area contributed by atoms with Gasteiger partial charge in [-0.15, -0.1) is 0 Å². The lowest BCUT2D eigenvalue weighted by Gasteiger charge is -2.37. The van der Waals surface area contributed by atoms with Crippen molar-refractivity contribution in [2.24, 2.45) is 5.92 Å². The molecule has 1 N–H and O–H groups in total. The Balaban J connectivity index is 1.31. The number of anilines is 2. The third kappa shape index (κ3) is 5.45. The number of amides is 1. The summed E-state index contributed by atoms with van der Waals surface area (Å²) in [6, 6.07) is 8.44. The molecule has 7 nitrogen and oxygen atoms in total. The molecular weight excluding hydrogens is 402 g/mol. The molecule has 0 bridgehead atoms. The first-order chi connectivity index (χ1) is 15.5. The Bertz CT molecular complexity index is 868. The van der Waals surface area contributed by atoms with Crippen molar-refractivity contribution in [1.82, 2.24) is 14.9 Å². The molecule has 32 heavy (non-hydrogen) atoms. The second-order valence-electron chi connectivity index (χ2n) is 9.15. The number of hydrogen-bond acceptors (Lipinski definition) is 6. The summed E-state index contributed by atoms with van der Waals surface area (Å²) >= 11 is 0. The van der Waals surface area contributed by atoms with Crippen LogP contribution in [-0.2, 0) is 9.53 Å². The van der Waals surface area contributed by atoms with Crippen LogP contribution in [0.3, 0.4) is 0 Å². The van der Waals surface area contributed by atoms with E-state index in [4.69, 9.17) is 4.74 Å². The molecule has 1 saturated heterocycles. The van der Waals surface area contributed by atoms with E-state index in [1.807, 2.05) is 36.7 Å². The van der Waals surface area contributed by atoms with E-state index in [-0.39, 0.29) is 11.8 Å². The number of hydrogen-bond donors (Lipinski definition) is 1. The zero-order chi connectivity index (χ0) is 22.5. The number of piperazine rings is 1. The van der Waals surface area contributed by atoms with Crippen molar-refractivity contribution >= 4 is 17.4 Å². The van der Waals surface area contributed by atoms with Crippen LogP contribution in [0, 0.1) is 5.92 Å².